The summed E-state index contributed by atoms with van der Waals surface area (Å²) in [5.41, 5.74) is 0.638. The molecule has 114 valence electrons. The quantitative estimate of drug-likeness (QED) is 0.910. The molecule has 0 aliphatic rings. The van der Waals surface area contributed by atoms with Gasteiger partial charge < -0.3 is 4.74 Å². The zero-order valence-corrected chi connectivity index (χ0v) is 13.3. The molecular weight excluding hydrogens is 317 g/mol. The lowest BCUT2D eigenvalue weighted by atomic mass is 10.2. The van der Waals surface area contributed by atoms with Gasteiger partial charge in [0.2, 0.25) is 5.13 Å². The van der Waals surface area contributed by atoms with E-state index in [1.54, 1.807) is 13.8 Å². The maximum atomic E-state index is 13.8. The second-order valence-corrected chi connectivity index (χ2v) is 6.78. The van der Waals surface area contributed by atoms with Crippen LogP contribution in [0.5, 0.6) is 0 Å². The number of rotatable bonds is 5. The van der Waals surface area contributed by atoms with Gasteiger partial charge in [-0.25, -0.2) is 12.8 Å². The van der Waals surface area contributed by atoms with E-state index in [2.05, 4.69) is 14.1 Å². The van der Waals surface area contributed by atoms with Crippen LogP contribution >= 0.6 is 11.5 Å². The fraction of sp³-hybridized carbons (Fsp3) is 0.333. The largest absolute Gasteiger partial charge is 0.374 e. The smallest absolute Gasteiger partial charge is 0.266 e. The first-order chi connectivity index (χ1) is 9.83. The van der Waals surface area contributed by atoms with E-state index in [0.717, 1.165) is 17.6 Å². The summed E-state index contributed by atoms with van der Waals surface area (Å²) >= 11 is 0.870. The van der Waals surface area contributed by atoms with E-state index in [-0.39, 0.29) is 11.2 Å². The number of aromatic nitrogens is 2. The predicted octanol–water partition coefficient (Wildman–Crippen LogP) is 2.49. The summed E-state index contributed by atoms with van der Waals surface area (Å²) in [4.78, 5) is 3.58. The number of ether oxygens (including phenoxy) is 1. The lowest BCUT2D eigenvalue weighted by Gasteiger charge is -2.06. The maximum absolute atomic E-state index is 13.8. The molecule has 21 heavy (non-hydrogen) atoms. The SMILES string of the molecule is COC(C)c1nsc(NS(=O)(=O)c2ccc(C)cc2F)n1. The Labute approximate surface area is 126 Å². The molecule has 2 rings (SSSR count). The number of sulfonamides is 1. The molecule has 6 nitrogen and oxygen atoms in total. The van der Waals surface area contributed by atoms with Gasteiger partial charge in [0, 0.05) is 18.6 Å². The summed E-state index contributed by atoms with van der Waals surface area (Å²) < 4.78 is 49.3. The van der Waals surface area contributed by atoms with E-state index < -0.39 is 20.7 Å². The summed E-state index contributed by atoms with van der Waals surface area (Å²) in [7, 11) is -2.54. The lowest BCUT2D eigenvalue weighted by molar-refractivity contribution is 0.113. The molecule has 0 saturated carbocycles. The van der Waals surface area contributed by atoms with Crippen molar-refractivity contribution in [1.82, 2.24) is 9.36 Å². The topological polar surface area (TPSA) is 81.2 Å². The van der Waals surface area contributed by atoms with E-state index in [0.29, 0.717) is 11.4 Å². The van der Waals surface area contributed by atoms with Gasteiger partial charge in [0.15, 0.2) is 5.82 Å². The summed E-state index contributed by atoms with van der Waals surface area (Å²) in [5, 5.41) is 0.0638. The summed E-state index contributed by atoms with van der Waals surface area (Å²) in [6.45, 7) is 3.41. The van der Waals surface area contributed by atoms with Gasteiger partial charge in [0.05, 0.1) is 0 Å². The Bertz CT molecular complexity index is 746. The van der Waals surface area contributed by atoms with E-state index in [4.69, 9.17) is 4.74 Å². The molecule has 0 amide bonds. The molecule has 1 aromatic heterocycles. The van der Waals surface area contributed by atoms with Gasteiger partial charge in [0.1, 0.15) is 16.8 Å². The van der Waals surface area contributed by atoms with Crippen molar-refractivity contribution < 1.29 is 17.5 Å². The Kier molecular flexibility index (Phi) is 4.55. The van der Waals surface area contributed by atoms with Crippen molar-refractivity contribution in [1.29, 1.82) is 0 Å². The van der Waals surface area contributed by atoms with Crippen LogP contribution in [-0.2, 0) is 14.8 Å². The van der Waals surface area contributed by atoms with Gasteiger partial charge in [-0.2, -0.15) is 9.36 Å². The van der Waals surface area contributed by atoms with E-state index in [9.17, 15) is 12.8 Å². The Hall–Kier alpha value is -1.58. The van der Waals surface area contributed by atoms with Crippen LogP contribution in [0.15, 0.2) is 23.1 Å². The molecule has 0 spiro atoms. The molecule has 2 aromatic rings. The third-order valence-corrected chi connectivity index (χ3v) is 4.90. The third-order valence-electron chi connectivity index (χ3n) is 2.76. The van der Waals surface area contributed by atoms with Gasteiger partial charge in [-0.3, -0.25) is 4.72 Å². The van der Waals surface area contributed by atoms with Crippen molar-refractivity contribution in [2.75, 3.05) is 11.8 Å². The minimum Gasteiger partial charge on any atom is -0.374 e. The highest BCUT2D eigenvalue weighted by molar-refractivity contribution is 7.93. The van der Waals surface area contributed by atoms with Crippen molar-refractivity contribution in [3.63, 3.8) is 0 Å². The Morgan fingerprint density at radius 1 is 1.43 bits per heavy atom. The van der Waals surface area contributed by atoms with Crippen molar-refractivity contribution in [2.24, 2.45) is 0 Å². The molecule has 0 fully saturated rings. The number of hydrogen-bond donors (Lipinski definition) is 1. The van der Waals surface area contributed by atoms with Gasteiger partial charge in [-0.05, 0) is 31.5 Å². The molecular formula is C12H14FN3O3S2. The van der Waals surface area contributed by atoms with E-state index in [1.807, 2.05) is 0 Å². The summed E-state index contributed by atoms with van der Waals surface area (Å²) in [5.74, 6) is -0.443. The highest BCUT2D eigenvalue weighted by Crippen LogP contribution is 2.23. The fourth-order valence-corrected chi connectivity index (χ4v) is 3.47. The Balaban J connectivity index is 2.27. The zero-order chi connectivity index (χ0) is 15.6. The fourth-order valence-electron chi connectivity index (χ4n) is 1.54. The Morgan fingerprint density at radius 2 is 2.14 bits per heavy atom. The normalized spacial score (nSPS) is 13.1. The molecule has 9 heteroatoms. The van der Waals surface area contributed by atoms with Gasteiger partial charge in [-0.15, -0.1) is 0 Å². The minimum absolute atomic E-state index is 0.0638. The van der Waals surface area contributed by atoms with Crippen molar-refractivity contribution >= 4 is 26.7 Å². The zero-order valence-electron chi connectivity index (χ0n) is 11.6. The van der Waals surface area contributed by atoms with Gasteiger partial charge in [-0.1, -0.05) is 6.07 Å². The van der Waals surface area contributed by atoms with Gasteiger partial charge >= 0.3 is 0 Å². The van der Waals surface area contributed by atoms with Crippen LogP contribution in [0.25, 0.3) is 0 Å². The molecule has 0 bridgehead atoms. The molecule has 1 unspecified atom stereocenters. The maximum Gasteiger partial charge on any atom is 0.266 e. The number of hydrogen-bond acceptors (Lipinski definition) is 6. The molecule has 0 aliphatic carbocycles. The molecule has 1 atom stereocenters. The first-order valence-electron chi connectivity index (χ1n) is 5.99. The number of nitrogens with one attached hydrogen (secondary N) is 1. The van der Waals surface area contributed by atoms with Crippen LogP contribution in [0.4, 0.5) is 9.52 Å². The number of benzene rings is 1. The van der Waals surface area contributed by atoms with Crippen molar-refractivity contribution in [3.05, 3.63) is 35.4 Å². The van der Waals surface area contributed by atoms with Crippen molar-refractivity contribution in [3.8, 4) is 0 Å². The van der Waals surface area contributed by atoms with Crippen LogP contribution < -0.4 is 4.72 Å². The number of methoxy groups -OCH3 is 1. The Morgan fingerprint density at radius 3 is 2.76 bits per heavy atom. The number of aryl methyl sites for hydroxylation is 1. The van der Waals surface area contributed by atoms with Crippen LogP contribution in [0.1, 0.15) is 24.4 Å². The van der Waals surface area contributed by atoms with Crippen LogP contribution in [-0.4, -0.2) is 24.9 Å². The molecule has 0 aliphatic heterocycles. The monoisotopic (exact) mass is 331 g/mol. The molecule has 0 radical (unpaired) electrons. The average molecular weight is 331 g/mol. The van der Waals surface area contributed by atoms with E-state index >= 15 is 0 Å². The van der Waals surface area contributed by atoms with Crippen molar-refractivity contribution in [2.45, 2.75) is 24.8 Å². The first-order valence-corrected chi connectivity index (χ1v) is 8.24. The first kappa shape index (κ1) is 15.8. The highest BCUT2D eigenvalue weighted by Gasteiger charge is 2.21. The lowest BCUT2D eigenvalue weighted by Crippen LogP contribution is -2.14. The third kappa shape index (κ3) is 3.55. The van der Waals surface area contributed by atoms with E-state index in [1.165, 1.54) is 19.2 Å². The number of anilines is 1. The average Bonchev–Trinajstić information content (AvgIpc) is 2.85. The summed E-state index contributed by atoms with van der Waals surface area (Å²) in [6, 6.07) is 3.90. The number of nitrogens with zero attached hydrogens (tertiary/aromatic N) is 2. The molecule has 1 heterocycles. The van der Waals surface area contributed by atoms with Crippen LogP contribution in [0.3, 0.4) is 0 Å². The standard InChI is InChI=1S/C12H14FN3O3S2/c1-7-4-5-10(9(13)6-7)21(17,18)16-12-14-11(15-20-12)8(2)19-3/h4-6,8H,1-3H3,(H,14,15,16). The van der Waals surface area contributed by atoms with Crippen LogP contribution in [0, 0.1) is 12.7 Å². The van der Waals surface area contributed by atoms with Crippen LogP contribution in [0.2, 0.25) is 0 Å². The molecule has 0 saturated heterocycles. The molecule has 1 aromatic carbocycles. The summed E-state index contributed by atoms with van der Waals surface area (Å²) in [6.07, 6.45) is -0.351. The second-order valence-electron chi connectivity index (χ2n) is 4.38. The number of halogens is 1. The highest BCUT2D eigenvalue weighted by atomic mass is 32.2. The second kappa shape index (κ2) is 6.04. The minimum atomic E-state index is -4.04. The predicted molar refractivity (Wildman–Crippen MR) is 77.3 cm³/mol. The molecule has 1 N–H and O–H groups in total. The van der Waals surface area contributed by atoms with Gasteiger partial charge in [0.25, 0.3) is 10.0 Å².